The Labute approximate surface area is 112 Å². The number of nitrogens with zero attached hydrogens (tertiary/aromatic N) is 1. The molecule has 2 rings (SSSR count). The van der Waals surface area contributed by atoms with Crippen LogP contribution in [0.1, 0.15) is 11.1 Å². The van der Waals surface area contributed by atoms with Gasteiger partial charge in [-0.25, -0.2) is 0 Å². The van der Waals surface area contributed by atoms with Crippen molar-refractivity contribution in [1.82, 2.24) is 4.98 Å². The lowest BCUT2D eigenvalue weighted by molar-refractivity contribution is 1.33. The van der Waals surface area contributed by atoms with Gasteiger partial charge in [-0.1, -0.05) is 6.07 Å². The molecule has 2 N–H and O–H groups in total. The summed E-state index contributed by atoms with van der Waals surface area (Å²) in [4.78, 5) is 3.96. The molecule has 0 saturated heterocycles. The van der Waals surface area contributed by atoms with Crippen LogP contribution in [0.4, 0.5) is 11.4 Å². The van der Waals surface area contributed by atoms with Crippen LogP contribution in [0.2, 0.25) is 0 Å². The molecule has 0 aliphatic carbocycles. The van der Waals surface area contributed by atoms with E-state index in [4.69, 9.17) is 12.2 Å². The van der Waals surface area contributed by atoms with Gasteiger partial charge in [0, 0.05) is 23.8 Å². The first-order valence-corrected chi connectivity index (χ1v) is 6.10. The lowest BCUT2D eigenvalue weighted by Crippen LogP contribution is -2.19. The molecule has 0 aliphatic rings. The molecule has 2 aromatic rings. The zero-order chi connectivity index (χ0) is 13.0. The molecule has 0 amide bonds. The van der Waals surface area contributed by atoms with E-state index >= 15 is 0 Å². The number of anilines is 2. The number of thiocarbonyl (C=S) groups is 1. The molecule has 92 valence electrons. The largest absolute Gasteiger partial charge is 0.332 e. The number of nitrogens with one attached hydrogen (secondary N) is 2. The number of hydrogen-bond acceptors (Lipinski definition) is 2. The summed E-state index contributed by atoms with van der Waals surface area (Å²) in [6.07, 6.45) is 3.45. The Hall–Kier alpha value is -1.94. The highest BCUT2D eigenvalue weighted by Crippen LogP contribution is 2.14. The molecule has 3 nitrogen and oxygen atoms in total. The van der Waals surface area contributed by atoms with Crippen LogP contribution in [-0.4, -0.2) is 10.1 Å². The highest BCUT2D eigenvalue weighted by atomic mass is 32.1. The summed E-state index contributed by atoms with van der Waals surface area (Å²) in [5.41, 5.74) is 4.35. The fourth-order valence-corrected chi connectivity index (χ4v) is 2.01. The van der Waals surface area contributed by atoms with Gasteiger partial charge in [0.1, 0.15) is 0 Å². The fraction of sp³-hybridized carbons (Fsp3) is 0.143. The summed E-state index contributed by atoms with van der Waals surface area (Å²) >= 11 is 5.26. The summed E-state index contributed by atoms with van der Waals surface area (Å²) < 4.78 is 0. The molecule has 1 heterocycles. The minimum Gasteiger partial charge on any atom is -0.332 e. The van der Waals surface area contributed by atoms with Crippen molar-refractivity contribution in [3.8, 4) is 0 Å². The minimum atomic E-state index is 0.575. The number of rotatable bonds is 2. The predicted molar refractivity (Wildman–Crippen MR) is 80.0 cm³/mol. The smallest absolute Gasteiger partial charge is 0.175 e. The maximum absolute atomic E-state index is 5.26. The first kappa shape index (κ1) is 12.5. The average molecular weight is 257 g/mol. The lowest BCUT2D eigenvalue weighted by atomic mass is 10.1. The standard InChI is InChI=1S/C14H15N3S/c1-10-7-11(2)9-13(8-10)17-14(18)16-12-3-5-15-6-4-12/h3-9H,1-2H3,(H2,15,16,17,18). The highest BCUT2D eigenvalue weighted by Gasteiger charge is 2.00. The summed E-state index contributed by atoms with van der Waals surface area (Å²) in [5, 5.41) is 6.86. The number of aryl methyl sites for hydroxylation is 2. The average Bonchev–Trinajstić information content (AvgIpc) is 2.28. The van der Waals surface area contributed by atoms with Gasteiger partial charge in [-0.3, -0.25) is 4.98 Å². The maximum atomic E-state index is 5.26. The summed E-state index contributed by atoms with van der Waals surface area (Å²) in [6, 6.07) is 10.00. The van der Waals surface area contributed by atoms with Crippen molar-refractivity contribution in [2.75, 3.05) is 10.6 Å². The van der Waals surface area contributed by atoms with Gasteiger partial charge in [0.15, 0.2) is 5.11 Å². The van der Waals surface area contributed by atoms with E-state index in [2.05, 4.69) is 47.7 Å². The van der Waals surface area contributed by atoms with E-state index in [9.17, 15) is 0 Å². The number of hydrogen-bond donors (Lipinski definition) is 2. The quantitative estimate of drug-likeness (QED) is 0.807. The zero-order valence-corrected chi connectivity index (χ0v) is 11.2. The van der Waals surface area contributed by atoms with Crippen LogP contribution < -0.4 is 10.6 Å². The topological polar surface area (TPSA) is 37.0 Å². The third-order valence-electron chi connectivity index (χ3n) is 2.42. The number of pyridine rings is 1. The molecular weight excluding hydrogens is 242 g/mol. The number of benzene rings is 1. The normalized spacial score (nSPS) is 9.89. The third-order valence-corrected chi connectivity index (χ3v) is 2.62. The van der Waals surface area contributed by atoms with E-state index in [0.29, 0.717) is 5.11 Å². The Kier molecular flexibility index (Phi) is 3.89. The van der Waals surface area contributed by atoms with Crippen LogP contribution in [0.3, 0.4) is 0 Å². The number of aromatic nitrogens is 1. The van der Waals surface area contributed by atoms with Crippen molar-refractivity contribution in [3.63, 3.8) is 0 Å². The second-order valence-electron chi connectivity index (χ2n) is 4.19. The van der Waals surface area contributed by atoms with E-state index in [-0.39, 0.29) is 0 Å². The van der Waals surface area contributed by atoms with E-state index in [0.717, 1.165) is 11.4 Å². The Morgan fingerprint density at radius 2 is 1.50 bits per heavy atom. The zero-order valence-electron chi connectivity index (χ0n) is 10.4. The summed E-state index contributed by atoms with van der Waals surface area (Å²) in [5.74, 6) is 0. The highest BCUT2D eigenvalue weighted by molar-refractivity contribution is 7.80. The molecule has 4 heteroatoms. The first-order valence-electron chi connectivity index (χ1n) is 5.70. The first-order chi connectivity index (χ1) is 8.63. The Morgan fingerprint density at radius 3 is 2.11 bits per heavy atom. The van der Waals surface area contributed by atoms with Gasteiger partial charge in [-0.15, -0.1) is 0 Å². The molecule has 18 heavy (non-hydrogen) atoms. The van der Waals surface area contributed by atoms with E-state index in [1.807, 2.05) is 12.1 Å². The summed E-state index contributed by atoms with van der Waals surface area (Å²) in [7, 11) is 0. The molecule has 0 bridgehead atoms. The van der Waals surface area contributed by atoms with Gasteiger partial charge in [-0.05, 0) is 61.5 Å². The molecule has 0 radical (unpaired) electrons. The van der Waals surface area contributed by atoms with Gasteiger partial charge in [0.2, 0.25) is 0 Å². The minimum absolute atomic E-state index is 0.575. The molecule has 0 unspecified atom stereocenters. The molecule has 0 atom stereocenters. The monoisotopic (exact) mass is 257 g/mol. The van der Waals surface area contributed by atoms with Crippen LogP contribution in [0.15, 0.2) is 42.7 Å². The van der Waals surface area contributed by atoms with Crippen molar-refractivity contribution in [2.45, 2.75) is 13.8 Å². The van der Waals surface area contributed by atoms with Crippen molar-refractivity contribution in [3.05, 3.63) is 53.9 Å². The van der Waals surface area contributed by atoms with Crippen LogP contribution in [0.5, 0.6) is 0 Å². The van der Waals surface area contributed by atoms with Crippen LogP contribution in [0.25, 0.3) is 0 Å². The fourth-order valence-electron chi connectivity index (χ4n) is 1.78. The van der Waals surface area contributed by atoms with Crippen molar-refractivity contribution < 1.29 is 0 Å². The van der Waals surface area contributed by atoms with Gasteiger partial charge in [0.25, 0.3) is 0 Å². The van der Waals surface area contributed by atoms with Crippen molar-refractivity contribution in [1.29, 1.82) is 0 Å². The molecule has 0 saturated carbocycles. The Bertz CT molecular complexity index is 532. The van der Waals surface area contributed by atoms with Gasteiger partial charge < -0.3 is 10.6 Å². The summed E-state index contributed by atoms with van der Waals surface area (Å²) in [6.45, 7) is 4.13. The molecule has 0 fully saturated rings. The molecule has 0 spiro atoms. The van der Waals surface area contributed by atoms with E-state index in [1.165, 1.54) is 11.1 Å². The van der Waals surface area contributed by atoms with Crippen LogP contribution in [-0.2, 0) is 0 Å². The van der Waals surface area contributed by atoms with Gasteiger partial charge in [0.05, 0.1) is 0 Å². The van der Waals surface area contributed by atoms with Gasteiger partial charge in [-0.2, -0.15) is 0 Å². The van der Waals surface area contributed by atoms with Crippen LogP contribution >= 0.6 is 12.2 Å². The SMILES string of the molecule is Cc1cc(C)cc(NC(=S)Nc2ccncc2)c1. The lowest BCUT2D eigenvalue weighted by Gasteiger charge is -2.11. The molecule has 1 aromatic carbocycles. The maximum Gasteiger partial charge on any atom is 0.175 e. The third kappa shape index (κ3) is 3.53. The molecular formula is C14H15N3S. The molecule has 0 aliphatic heterocycles. The Morgan fingerprint density at radius 1 is 0.944 bits per heavy atom. The molecule has 1 aromatic heterocycles. The second-order valence-corrected chi connectivity index (χ2v) is 4.60. The predicted octanol–water partition coefficient (Wildman–Crippen LogP) is 3.51. The van der Waals surface area contributed by atoms with Crippen LogP contribution in [0, 0.1) is 13.8 Å². The van der Waals surface area contributed by atoms with Gasteiger partial charge >= 0.3 is 0 Å². The van der Waals surface area contributed by atoms with Crippen molar-refractivity contribution in [2.24, 2.45) is 0 Å². The second kappa shape index (κ2) is 5.60. The van der Waals surface area contributed by atoms with E-state index in [1.54, 1.807) is 12.4 Å². The Balaban J connectivity index is 2.03. The van der Waals surface area contributed by atoms with E-state index < -0.39 is 0 Å². The van der Waals surface area contributed by atoms with Crippen molar-refractivity contribution >= 4 is 28.7 Å².